The third-order valence-corrected chi connectivity index (χ3v) is 2.31. The lowest BCUT2D eigenvalue weighted by atomic mass is 9.80. The maximum Gasteiger partial charge on any atom is 0.495 e. The number of thiophene rings is 1. The van der Waals surface area contributed by atoms with Crippen LogP contribution in [0.5, 0.6) is 0 Å². The largest absolute Gasteiger partial charge is 0.495 e. The van der Waals surface area contributed by atoms with Gasteiger partial charge in [-0.05, 0) is 43.9 Å². The summed E-state index contributed by atoms with van der Waals surface area (Å²) in [5.41, 5.74) is 1.11. The van der Waals surface area contributed by atoms with Crippen molar-refractivity contribution in [2.24, 2.45) is 0 Å². The minimum atomic E-state index is -0.221. The second-order valence-electron chi connectivity index (χ2n) is 3.76. The van der Waals surface area contributed by atoms with E-state index >= 15 is 0 Å². The second-order valence-corrected chi connectivity index (χ2v) is 4.54. The van der Waals surface area contributed by atoms with Crippen molar-refractivity contribution in [3.05, 3.63) is 16.8 Å². The molecule has 1 heterocycles. The molecule has 0 aromatic carbocycles. The zero-order valence-corrected chi connectivity index (χ0v) is 10.0. The predicted molar refractivity (Wildman–Crippen MR) is 62.1 cm³/mol. The average Bonchev–Trinajstić information content (AvgIpc) is 2.52. The van der Waals surface area contributed by atoms with Gasteiger partial charge in [-0.3, -0.25) is 0 Å². The van der Waals surface area contributed by atoms with Crippen LogP contribution in [0.15, 0.2) is 16.8 Å². The van der Waals surface area contributed by atoms with Crippen molar-refractivity contribution >= 4 is 23.9 Å². The summed E-state index contributed by atoms with van der Waals surface area (Å²) < 4.78 is 11.4. The van der Waals surface area contributed by atoms with Crippen LogP contribution in [-0.4, -0.2) is 19.3 Å². The van der Waals surface area contributed by atoms with E-state index in [9.17, 15) is 0 Å². The molecule has 0 atom stereocenters. The van der Waals surface area contributed by atoms with Gasteiger partial charge in [-0.15, -0.1) is 0 Å². The van der Waals surface area contributed by atoms with Crippen LogP contribution >= 0.6 is 11.3 Å². The standard InChI is InChI=1S/C10H17BO2S/c1-8(2)12-11(13-9(3)4)10-5-6-14-7-10/h5-9H,1-4H3. The highest BCUT2D eigenvalue weighted by molar-refractivity contribution is 7.09. The molecule has 1 aromatic heterocycles. The van der Waals surface area contributed by atoms with Crippen molar-refractivity contribution < 1.29 is 9.31 Å². The van der Waals surface area contributed by atoms with Crippen molar-refractivity contribution in [1.82, 2.24) is 0 Å². The van der Waals surface area contributed by atoms with Gasteiger partial charge in [0.05, 0.1) is 0 Å². The maximum absolute atomic E-state index is 5.69. The number of rotatable bonds is 5. The van der Waals surface area contributed by atoms with E-state index in [0.29, 0.717) is 0 Å². The molecule has 0 aliphatic rings. The number of hydrogen-bond donors (Lipinski definition) is 0. The zero-order valence-electron chi connectivity index (χ0n) is 9.19. The van der Waals surface area contributed by atoms with Gasteiger partial charge in [0, 0.05) is 12.2 Å². The van der Waals surface area contributed by atoms with E-state index in [2.05, 4.69) is 5.38 Å². The summed E-state index contributed by atoms with van der Waals surface area (Å²) in [5, 5.41) is 4.10. The van der Waals surface area contributed by atoms with Crippen molar-refractivity contribution in [3.8, 4) is 0 Å². The van der Waals surface area contributed by atoms with Crippen LogP contribution in [0.1, 0.15) is 27.7 Å². The molecule has 2 nitrogen and oxygen atoms in total. The lowest BCUT2D eigenvalue weighted by Crippen LogP contribution is -2.39. The van der Waals surface area contributed by atoms with Gasteiger partial charge in [0.1, 0.15) is 0 Å². The average molecular weight is 212 g/mol. The van der Waals surface area contributed by atoms with Crippen molar-refractivity contribution in [1.29, 1.82) is 0 Å². The molecule has 1 aromatic rings. The van der Waals surface area contributed by atoms with Crippen LogP contribution in [0.3, 0.4) is 0 Å². The Kier molecular flexibility index (Phi) is 4.65. The molecule has 78 valence electrons. The Morgan fingerprint density at radius 2 is 1.71 bits per heavy atom. The molecular formula is C10H17BO2S. The third-order valence-electron chi connectivity index (χ3n) is 1.61. The molecule has 0 radical (unpaired) electrons. The molecular weight excluding hydrogens is 195 g/mol. The highest BCUT2D eigenvalue weighted by atomic mass is 32.1. The van der Waals surface area contributed by atoms with Crippen LogP contribution in [0.2, 0.25) is 0 Å². The molecule has 0 unspecified atom stereocenters. The molecule has 0 saturated heterocycles. The molecule has 14 heavy (non-hydrogen) atoms. The fourth-order valence-corrected chi connectivity index (χ4v) is 1.75. The molecule has 0 spiro atoms. The summed E-state index contributed by atoms with van der Waals surface area (Å²) >= 11 is 1.66. The first kappa shape index (κ1) is 11.8. The molecule has 0 amide bonds. The second kappa shape index (κ2) is 5.54. The highest BCUT2D eigenvalue weighted by Crippen LogP contribution is 2.03. The Morgan fingerprint density at radius 3 is 2.07 bits per heavy atom. The van der Waals surface area contributed by atoms with E-state index in [-0.39, 0.29) is 19.3 Å². The van der Waals surface area contributed by atoms with E-state index in [1.807, 2.05) is 39.1 Å². The Balaban J connectivity index is 2.62. The van der Waals surface area contributed by atoms with E-state index in [0.717, 1.165) is 5.46 Å². The van der Waals surface area contributed by atoms with E-state index < -0.39 is 0 Å². The van der Waals surface area contributed by atoms with Crippen LogP contribution in [0.25, 0.3) is 0 Å². The van der Waals surface area contributed by atoms with Gasteiger partial charge in [0.15, 0.2) is 0 Å². The SMILES string of the molecule is CC(C)OB(OC(C)C)c1ccsc1. The fraction of sp³-hybridized carbons (Fsp3) is 0.600. The first-order valence-electron chi connectivity index (χ1n) is 4.92. The molecule has 0 fully saturated rings. The van der Waals surface area contributed by atoms with Gasteiger partial charge < -0.3 is 9.31 Å². The van der Waals surface area contributed by atoms with E-state index in [1.54, 1.807) is 11.3 Å². The molecule has 0 saturated carbocycles. The predicted octanol–water partition coefficient (Wildman–Crippen LogP) is 2.29. The number of hydrogen-bond acceptors (Lipinski definition) is 3. The third kappa shape index (κ3) is 3.82. The minimum absolute atomic E-state index is 0.179. The topological polar surface area (TPSA) is 18.5 Å². The Bertz CT molecular complexity index is 237. The first-order chi connectivity index (χ1) is 6.59. The minimum Gasteiger partial charge on any atom is -0.405 e. The van der Waals surface area contributed by atoms with Crippen molar-refractivity contribution in [3.63, 3.8) is 0 Å². The van der Waals surface area contributed by atoms with Crippen LogP contribution in [0, 0.1) is 0 Å². The molecule has 1 rings (SSSR count). The fourth-order valence-electron chi connectivity index (χ4n) is 1.09. The van der Waals surface area contributed by atoms with Gasteiger partial charge in [-0.25, -0.2) is 0 Å². The van der Waals surface area contributed by atoms with Crippen LogP contribution < -0.4 is 5.46 Å². The molecule has 0 aliphatic heterocycles. The highest BCUT2D eigenvalue weighted by Gasteiger charge is 2.24. The van der Waals surface area contributed by atoms with Gasteiger partial charge in [-0.1, -0.05) is 6.07 Å². The lowest BCUT2D eigenvalue weighted by molar-refractivity contribution is 0.139. The van der Waals surface area contributed by atoms with Crippen molar-refractivity contribution in [2.45, 2.75) is 39.9 Å². The normalized spacial score (nSPS) is 11.3. The summed E-state index contributed by atoms with van der Waals surface area (Å²) in [5.74, 6) is 0. The smallest absolute Gasteiger partial charge is 0.405 e. The Morgan fingerprint density at radius 1 is 1.14 bits per heavy atom. The Hall–Kier alpha value is -0.315. The van der Waals surface area contributed by atoms with E-state index in [4.69, 9.17) is 9.31 Å². The molecule has 0 bridgehead atoms. The van der Waals surface area contributed by atoms with Gasteiger partial charge in [0.2, 0.25) is 0 Å². The van der Waals surface area contributed by atoms with Crippen molar-refractivity contribution in [2.75, 3.05) is 0 Å². The lowest BCUT2D eigenvalue weighted by Gasteiger charge is -2.18. The molecule has 4 heteroatoms. The maximum atomic E-state index is 5.69. The van der Waals surface area contributed by atoms with Gasteiger partial charge in [-0.2, -0.15) is 11.3 Å². The summed E-state index contributed by atoms with van der Waals surface area (Å²) in [4.78, 5) is 0. The van der Waals surface area contributed by atoms with Crippen LogP contribution in [-0.2, 0) is 9.31 Å². The monoisotopic (exact) mass is 212 g/mol. The molecule has 0 aliphatic carbocycles. The summed E-state index contributed by atoms with van der Waals surface area (Å²) in [6.07, 6.45) is 0.359. The first-order valence-corrected chi connectivity index (χ1v) is 5.87. The van der Waals surface area contributed by atoms with Gasteiger partial charge in [0.25, 0.3) is 0 Å². The summed E-state index contributed by atoms with van der Waals surface area (Å²) in [6, 6.07) is 2.04. The summed E-state index contributed by atoms with van der Waals surface area (Å²) in [7, 11) is -0.221. The zero-order chi connectivity index (χ0) is 10.6. The van der Waals surface area contributed by atoms with Gasteiger partial charge >= 0.3 is 7.12 Å². The quantitative estimate of drug-likeness (QED) is 0.697. The van der Waals surface area contributed by atoms with Crippen LogP contribution in [0.4, 0.5) is 0 Å². The summed E-state index contributed by atoms with van der Waals surface area (Å²) in [6.45, 7) is 8.07. The van der Waals surface area contributed by atoms with E-state index in [1.165, 1.54) is 0 Å². The molecule has 0 N–H and O–H groups in total. The Labute approximate surface area is 90.4 Å².